The summed E-state index contributed by atoms with van der Waals surface area (Å²) in [7, 11) is 0. The van der Waals surface area contributed by atoms with Crippen LogP contribution in [0.25, 0.3) is 0 Å². The van der Waals surface area contributed by atoms with Gasteiger partial charge < -0.3 is 25.0 Å². The Kier molecular flexibility index (Phi) is 12.6. The molecule has 176 valence electrons. The largest absolute Gasteiger partial charge is 0.381 e. The fraction of sp³-hybridized carbons (Fsp3) is 0.720. The van der Waals surface area contributed by atoms with Crippen LogP contribution in [0.3, 0.4) is 0 Å². The Labute approximate surface area is 189 Å². The maximum absolute atomic E-state index is 6.01. The number of rotatable bonds is 13. The van der Waals surface area contributed by atoms with E-state index in [9.17, 15) is 0 Å². The van der Waals surface area contributed by atoms with Crippen LogP contribution in [0.1, 0.15) is 64.5 Å². The highest BCUT2D eigenvalue weighted by Gasteiger charge is 2.14. The summed E-state index contributed by atoms with van der Waals surface area (Å²) in [4.78, 5) is 7.26. The molecule has 1 fully saturated rings. The van der Waals surface area contributed by atoms with Crippen molar-refractivity contribution in [3.63, 3.8) is 0 Å². The van der Waals surface area contributed by atoms with Gasteiger partial charge in [-0.3, -0.25) is 0 Å². The molecule has 6 nitrogen and oxygen atoms in total. The van der Waals surface area contributed by atoms with Gasteiger partial charge in [-0.15, -0.1) is 0 Å². The number of guanidine groups is 1. The molecule has 0 saturated carbocycles. The van der Waals surface area contributed by atoms with Crippen LogP contribution in [0.15, 0.2) is 29.3 Å². The van der Waals surface area contributed by atoms with Crippen LogP contribution in [-0.2, 0) is 22.6 Å². The first-order valence-corrected chi connectivity index (χ1v) is 12.2. The summed E-state index contributed by atoms with van der Waals surface area (Å²) >= 11 is 0. The Morgan fingerprint density at radius 2 is 1.81 bits per heavy atom. The van der Waals surface area contributed by atoms with Crippen molar-refractivity contribution in [2.24, 2.45) is 4.99 Å². The van der Waals surface area contributed by atoms with Crippen molar-refractivity contribution in [2.75, 3.05) is 39.4 Å². The van der Waals surface area contributed by atoms with E-state index in [1.165, 1.54) is 17.5 Å². The van der Waals surface area contributed by atoms with Gasteiger partial charge in [0, 0.05) is 25.8 Å². The van der Waals surface area contributed by atoms with Crippen molar-refractivity contribution < 1.29 is 9.47 Å². The third-order valence-corrected chi connectivity index (χ3v) is 5.83. The molecule has 0 amide bonds. The first-order chi connectivity index (χ1) is 15.1. The van der Waals surface area contributed by atoms with Crippen molar-refractivity contribution >= 4 is 5.96 Å². The molecule has 2 rings (SSSR count). The molecule has 0 aliphatic carbocycles. The third-order valence-electron chi connectivity index (χ3n) is 5.83. The zero-order chi connectivity index (χ0) is 22.3. The summed E-state index contributed by atoms with van der Waals surface area (Å²) < 4.78 is 11.4. The van der Waals surface area contributed by atoms with E-state index in [1.807, 2.05) is 0 Å². The van der Waals surface area contributed by atoms with E-state index < -0.39 is 0 Å². The lowest BCUT2D eigenvalue weighted by molar-refractivity contribution is -0.0390. The van der Waals surface area contributed by atoms with Gasteiger partial charge >= 0.3 is 0 Å². The van der Waals surface area contributed by atoms with Crippen LogP contribution < -0.4 is 10.6 Å². The molecule has 1 atom stereocenters. The van der Waals surface area contributed by atoms with Gasteiger partial charge in [-0.1, -0.05) is 38.1 Å². The van der Waals surface area contributed by atoms with E-state index in [0.717, 1.165) is 64.6 Å². The minimum atomic E-state index is 0.334. The monoisotopic (exact) mass is 432 g/mol. The van der Waals surface area contributed by atoms with Crippen molar-refractivity contribution in [3.8, 4) is 0 Å². The Hall–Kier alpha value is -1.63. The van der Waals surface area contributed by atoms with Crippen molar-refractivity contribution in [1.29, 1.82) is 0 Å². The quantitative estimate of drug-likeness (QED) is 0.365. The van der Waals surface area contributed by atoms with Gasteiger partial charge in [0.1, 0.15) is 0 Å². The summed E-state index contributed by atoms with van der Waals surface area (Å²) in [5.74, 6) is 0.893. The van der Waals surface area contributed by atoms with Gasteiger partial charge in [0.15, 0.2) is 5.96 Å². The van der Waals surface area contributed by atoms with Crippen LogP contribution in [0.4, 0.5) is 0 Å². The van der Waals surface area contributed by atoms with E-state index in [2.05, 4.69) is 67.5 Å². The van der Waals surface area contributed by atoms with Gasteiger partial charge in [-0.2, -0.15) is 0 Å². The van der Waals surface area contributed by atoms with E-state index in [0.29, 0.717) is 25.3 Å². The lowest BCUT2D eigenvalue weighted by atomic mass is 10.1. The maximum Gasteiger partial charge on any atom is 0.191 e. The van der Waals surface area contributed by atoms with Gasteiger partial charge in [-0.25, -0.2) is 4.99 Å². The third kappa shape index (κ3) is 10.5. The van der Waals surface area contributed by atoms with Crippen LogP contribution in [0.2, 0.25) is 0 Å². The molecule has 0 radical (unpaired) electrons. The molecule has 1 aromatic rings. The molecule has 0 spiro atoms. The number of hydrogen-bond acceptors (Lipinski definition) is 4. The molecule has 31 heavy (non-hydrogen) atoms. The number of nitrogens with zero attached hydrogens (tertiary/aromatic N) is 2. The van der Waals surface area contributed by atoms with Crippen LogP contribution in [-0.4, -0.2) is 62.4 Å². The minimum absolute atomic E-state index is 0.334. The lowest BCUT2D eigenvalue weighted by Gasteiger charge is -2.22. The minimum Gasteiger partial charge on any atom is -0.381 e. The SMILES string of the molecule is CCNC(=NCc1ccc(COC2CCOCC2)cc1)NC(C)CCCN(CC)CC. The smallest absolute Gasteiger partial charge is 0.191 e. The zero-order valence-electron chi connectivity index (χ0n) is 20.2. The average Bonchev–Trinajstić information content (AvgIpc) is 2.80. The van der Waals surface area contributed by atoms with E-state index >= 15 is 0 Å². The Balaban J connectivity index is 1.76. The van der Waals surface area contributed by atoms with E-state index in [-0.39, 0.29) is 0 Å². The fourth-order valence-electron chi connectivity index (χ4n) is 3.75. The number of ether oxygens (including phenoxy) is 2. The summed E-state index contributed by atoms with van der Waals surface area (Å²) in [6.45, 7) is 16.1. The van der Waals surface area contributed by atoms with Crippen molar-refractivity contribution in [1.82, 2.24) is 15.5 Å². The van der Waals surface area contributed by atoms with Crippen molar-refractivity contribution in [2.45, 2.75) is 78.7 Å². The van der Waals surface area contributed by atoms with E-state index in [1.54, 1.807) is 0 Å². The molecule has 1 aliphatic heterocycles. The van der Waals surface area contributed by atoms with E-state index in [4.69, 9.17) is 14.5 Å². The summed E-state index contributed by atoms with van der Waals surface area (Å²) in [6.07, 6.45) is 4.68. The number of benzene rings is 1. The number of hydrogen-bond donors (Lipinski definition) is 2. The molecule has 1 saturated heterocycles. The van der Waals surface area contributed by atoms with Gasteiger partial charge in [0.05, 0.1) is 19.3 Å². The van der Waals surface area contributed by atoms with Crippen LogP contribution in [0.5, 0.6) is 0 Å². The zero-order valence-corrected chi connectivity index (χ0v) is 20.2. The number of nitrogens with one attached hydrogen (secondary N) is 2. The van der Waals surface area contributed by atoms with Gasteiger partial charge in [-0.05, 0) is 70.3 Å². The normalized spacial score (nSPS) is 16.5. The molecule has 1 aliphatic rings. The van der Waals surface area contributed by atoms with Gasteiger partial charge in [0.25, 0.3) is 0 Å². The van der Waals surface area contributed by atoms with Crippen molar-refractivity contribution in [3.05, 3.63) is 35.4 Å². The second kappa shape index (κ2) is 15.2. The lowest BCUT2D eigenvalue weighted by Crippen LogP contribution is -2.42. The molecule has 1 heterocycles. The Morgan fingerprint density at radius 1 is 1.13 bits per heavy atom. The molecule has 1 unspecified atom stereocenters. The Bertz CT molecular complexity index is 610. The maximum atomic E-state index is 6.01. The summed E-state index contributed by atoms with van der Waals surface area (Å²) in [5, 5.41) is 6.93. The van der Waals surface area contributed by atoms with Crippen LogP contribution in [0, 0.1) is 0 Å². The molecular weight excluding hydrogens is 388 g/mol. The molecule has 0 aromatic heterocycles. The topological polar surface area (TPSA) is 58.1 Å². The van der Waals surface area contributed by atoms with Crippen LogP contribution >= 0.6 is 0 Å². The second-order valence-corrected chi connectivity index (χ2v) is 8.35. The second-order valence-electron chi connectivity index (χ2n) is 8.35. The van der Waals surface area contributed by atoms with Gasteiger partial charge in [0.2, 0.25) is 0 Å². The molecular formula is C25H44N4O2. The molecule has 0 bridgehead atoms. The first kappa shape index (κ1) is 25.6. The highest BCUT2D eigenvalue weighted by molar-refractivity contribution is 5.80. The molecule has 2 N–H and O–H groups in total. The first-order valence-electron chi connectivity index (χ1n) is 12.2. The Morgan fingerprint density at radius 3 is 2.45 bits per heavy atom. The average molecular weight is 433 g/mol. The summed E-state index contributed by atoms with van der Waals surface area (Å²) in [6, 6.07) is 9.02. The molecule has 6 heteroatoms. The number of aliphatic imine (C=N–C) groups is 1. The standard InChI is InChI=1S/C25H44N4O2/c1-5-26-25(28-21(4)9-8-16-29(6-2)7-3)27-19-22-10-12-23(13-11-22)20-31-24-14-17-30-18-15-24/h10-13,21,24H,5-9,14-20H2,1-4H3,(H2,26,27,28). The molecule has 1 aromatic carbocycles. The fourth-order valence-corrected chi connectivity index (χ4v) is 3.75. The predicted molar refractivity (Wildman–Crippen MR) is 130 cm³/mol. The highest BCUT2D eigenvalue weighted by atomic mass is 16.5. The predicted octanol–water partition coefficient (Wildman–Crippen LogP) is 3.95. The summed E-state index contributed by atoms with van der Waals surface area (Å²) in [5.41, 5.74) is 2.42. The highest BCUT2D eigenvalue weighted by Crippen LogP contribution is 2.14.